The second-order valence-corrected chi connectivity index (χ2v) is 13.8. The van der Waals surface area contributed by atoms with Gasteiger partial charge in [-0.1, -0.05) is 67.7 Å². The summed E-state index contributed by atoms with van der Waals surface area (Å²) in [6.45, 7) is 3.41. The van der Waals surface area contributed by atoms with Crippen LogP contribution in [0.1, 0.15) is 55.5 Å². The summed E-state index contributed by atoms with van der Waals surface area (Å²) in [4.78, 5) is 57.5. The number of aryl methyl sites for hydroxylation is 2. The van der Waals surface area contributed by atoms with Gasteiger partial charge in [0, 0.05) is 22.5 Å². The number of rotatable bonds is 13. The average molecular weight is 741 g/mol. The molecule has 0 fully saturated rings. The van der Waals surface area contributed by atoms with Gasteiger partial charge < -0.3 is 36.5 Å². The van der Waals surface area contributed by atoms with Gasteiger partial charge in [-0.05, 0) is 84.7 Å². The third kappa shape index (κ3) is 8.92. The molecule has 4 amide bonds. The van der Waals surface area contributed by atoms with Gasteiger partial charge in [-0.2, -0.15) is 0 Å². The molecular weight excluding hydrogens is 700 g/mol. The van der Waals surface area contributed by atoms with Gasteiger partial charge >= 0.3 is 6.09 Å². The molecule has 1 unspecified atom stereocenters. The number of fused-ring (bicyclic) bond motifs is 3. The van der Waals surface area contributed by atoms with Gasteiger partial charge in [0.05, 0.1) is 10.5 Å². The molecule has 1 aromatic heterocycles. The van der Waals surface area contributed by atoms with Crippen LogP contribution in [0.25, 0.3) is 10.9 Å². The number of hydrogen-bond donors (Lipinski definition) is 6. The van der Waals surface area contributed by atoms with E-state index in [1.165, 1.54) is 30.3 Å². The molecule has 4 aromatic rings. The Hall–Kier alpha value is -4.81. The van der Waals surface area contributed by atoms with Gasteiger partial charge in [0.25, 0.3) is 0 Å². The van der Waals surface area contributed by atoms with E-state index in [9.17, 15) is 28.7 Å². The first kappa shape index (κ1) is 37.4. The Morgan fingerprint density at radius 1 is 1.06 bits per heavy atom. The van der Waals surface area contributed by atoms with Crippen LogP contribution in [0.15, 0.2) is 60.7 Å². The van der Waals surface area contributed by atoms with E-state index < -0.39 is 47.3 Å². The number of carbonyl (C=O) groups excluding carboxylic acids is 4. The number of nitrogens with two attached hydrogens (primary N) is 1. The maximum absolute atomic E-state index is 14.4. The molecule has 7 N–H and O–H groups in total. The van der Waals surface area contributed by atoms with Gasteiger partial charge in [0.15, 0.2) is 0 Å². The largest absolute Gasteiger partial charge is 0.508 e. The Kier molecular flexibility index (Phi) is 11.8. The molecule has 1 aliphatic carbocycles. The topological polar surface area (TPSA) is 176 Å². The lowest BCUT2D eigenvalue weighted by Crippen LogP contribution is -2.66. The first-order chi connectivity index (χ1) is 24.3. The van der Waals surface area contributed by atoms with Gasteiger partial charge in [-0.15, -0.1) is 0 Å². The summed E-state index contributed by atoms with van der Waals surface area (Å²) >= 11 is 12.9. The average Bonchev–Trinajstić information content (AvgIpc) is 3.46. The molecule has 0 radical (unpaired) electrons. The Morgan fingerprint density at radius 3 is 2.49 bits per heavy atom. The number of hydrogen-bond acceptors (Lipinski definition) is 6. The summed E-state index contributed by atoms with van der Waals surface area (Å²) in [5.74, 6) is -2.71. The number of primary amides is 1. The van der Waals surface area contributed by atoms with Crippen molar-refractivity contribution in [3.05, 3.63) is 98.9 Å². The van der Waals surface area contributed by atoms with E-state index in [2.05, 4.69) is 20.9 Å². The molecule has 5 rings (SSSR count). The number of amides is 4. The lowest BCUT2D eigenvalue weighted by atomic mass is 9.78. The fraction of sp³-hybridized carbons (Fsp3) is 0.351. The first-order valence-electron chi connectivity index (χ1n) is 16.6. The summed E-state index contributed by atoms with van der Waals surface area (Å²) in [6, 6.07) is 13.1. The number of carbonyl (C=O) groups is 4. The highest BCUT2D eigenvalue weighted by molar-refractivity contribution is 6.38. The molecule has 4 atom stereocenters. The van der Waals surface area contributed by atoms with E-state index in [1.807, 2.05) is 6.92 Å². The molecule has 1 heterocycles. The number of aromatic amines is 1. The van der Waals surface area contributed by atoms with Crippen molar-refractivity contribution in [2.24, 2.45) is 11.7 Å². The number of aromatic hydroxyl groups is 1. The number of ether oxygens (including phenoxy) is 1. The number of aromatic nitrogens is 1. The number of nitrogens with one attached hydrogen (secondary N) is 4. The van der Waals surface area contributed by atoms with Crippen molar-refractivity contribution in [3.8, 4) is 5.75 Å². The number of halogens is 3. The Labute approximate surface area is 304 Å². The lowest BCUT2D eigenvalue weighted by Gasteiger charge is -2.39. The molecular formula is C37H40Cl2FN5O6. The van der Waals surface area contributed by atoms with Crippen LogP contribution in [-0.2, 0) is 45.0 Å². The monoisotopic (exact) mass is 739 g/mol. The zero-order chi connectivity index (χ0) is 36.9. The van der Waals surface area contributed by atoms with Crippen LogP contribution in [-0.4, -0.2) is 51.5 Å². The van der Waals surface area contributed by atoms with Crippen molar-refractivity contribution < 1.29 is 33.4 Å². The lowest BCUT2D eigenvalue weighted by molar-refractivity contribution is -0.137. The second kappa shape index (κ2) is 16.0. The fourth-order valence-corrected chi connectivity index (χ4v) is 6.90. The molecule has 0 saturated carbocycles. The smallest absolute Gasteiger partial charge is 0.408 e. The molecule has 14 heteroatoms. The molecule has 270 valence electrons. The molecule has 11 nitrogen and oxygen atoms in total. The van der Waals surface area contributed by atoms with Crippen molar-refractivity contribution in [3.63, 3.8) is 0 Å². The third-order valence-electron chi connectivity index (χ3n) is 9.43. The second-order valence-electron chi connectivity index (χ2n) is 13.0. The summed E-state index contributed by atoms with van der Waals surface area (Å²) < 4.78 is 19.0. The Bertz CT molecular complexity index is 1940. The summed E-state index contributed by atoms with van der Waals surface area (Å²) in [7, 11) is 0. The predicted octanol–water partition coefficient (Wildman–Crippen LogP) is 5.61. The van der Waals surface area contributed by atoms with Crippen LogP contribution in [0.5, 0.6) is 5.75 Å². The Balaban J connectivity index is 1.46. The number of alkyl carbamates (subject to hydrolysis) is 1. The molecule has 0 bridgehead atoms. The van der Waals surface area contributed by atoms with E-state index in [0.717, 1.165) is 16.8 Å². The summed E-state index contributed by atoms with van der Waals surface area (Å²) in [6.07, 6.45) is 0.497. The third-order valence-corrected chi connectivity index (χ3v) is 9.95. The fourth-order valence-electron chi connectivity index (χ4n) is 6.36. The van der Waals surface area contributed by atoms with Crippen LogP contribution < -0.4 is 21.7 Å². The van der Waals surface area contributed by atoms with Crippen molar-refractivity contribution >= 4 is 57.9 Å². The predicted molar refractivity (Wildman–Crippen MR) is 192 cm³/mol. The van der Waals surface area contributed by atoms with Crippen molar-refractivity contribution in [1.29, 1.82) is 0 Å². The van der Waals surface area contributed by atoms with Gasteiger partial charge in [-0.25, -0.2) is 9.18 Å². The quantitative estimate of drug-likeness (QED) is 0.104. The number of benzene rings is 3. The molecule has 1 aliphatic rings. The van der Waals surface area contributed by atoms with Crippen LogP contribution in [0.2, 0.25) is 10.0 Å². The number of phenolic OH excluding ortho intramolecular Hbond substituents is 1. The standard InChI is InChI=1S/C37H40Cl2FN5O6/c1-3-20(2)31(33(41)47)44-35(49)37(14-13-29-27(18-37)26-16-23(38)17-28(39)32(26)42-29)45-34(48)30(12-9-21-7-10-25(46)11-8-21)43-36(50)51-19-22-5-4-6-24(40)15-22/h4-8,10-11,15-17,20,30-31,42,46H,3,9,12-14,18-19H2,1-2H3,(H2,41,47)(H,43,50)(H,44,49)(H,45,48)/t20-,30?,31-,37+/m0/s1. The number of H-pyrrole nitrogens is 1. The molecule has 0 aliphatic heterocycles. The van der Waals surface area contributed by atoms with Crippen molar-refractivity contribution in [2.75, 3.05) is 0 Å². The number of phenols is 1. The SMILES string of the molecule is CC[C@H](C)[C@H](NC(=O)[C@@]1(NC(=O)C(CCc2ccc(O)cc2)NC(=O)OCc2cccc(F)c2)CCc2[nH]c3c(Cl)cc(Cl)cc3c2C1)C(N)=O. The van der Waals surface area contributed by atoms with Crippen LogP contribution in [0, 0.1) is 11.7 Å². The summed E-state index contributed by atoms with van der Waals surface area (Å²) in [5.41, 5.74) is 7.50. The van der Waals surface area contributed by atoms with Crippen molar-refractivity contribution in [1.82, 2.24) is 20.9 Å². The zero-order valence-corrected chi connectivity index (χ0v) is 29.7. The summed E-state index contributed by atoms with van der Waals surface area (Å²) in [5, 5.41) is 19.6. The highest BCUT2D eigenvalue weighted by Crippen LogP contribution is 2.38. The van der Waals surface area contributed by atoms with Crippen LogP contribution >= 0.6 is 23.2 Å². The van der Waals surface area contributed by atoms with Gasteiger partial charge in [-0.3, -0.25) is 14.4 Å². The van der Waals surface area contributed by atoms with Gasteiger partial charge in [0.2, 0.25) is 17.7 Å². The molecule has 0 spiro atoms. The maximum Gasteiger partial charge on any atom is 0.408 e. The minimum atomic E-state index is -1.58. The van der Waals surface area contributed by atoms with Crippen LogP contribution in [0.4, 0.5) is 9.18 Å². The zero-order valence-electron chi connectivity index (χ0n) is 28.2. The van der Waals surface area contributed by atoms with E-state index in [4.69, 9.17) is 33.7 Å². The molecule has 0 saturated heterocycles. The Morgan fingerprint density at radius 2 is 1.80 bits per heavy atom. The van der Waals surface area contributed by atoms with Gasteiger partial charge in [0.1, 0.15) is 35.8 Å². The van der Waals surface area contributed by atoms with E-state index >= 15 is 0 Å². The minimum Gasteiger partial charge on any atom is -0.508 e. The van der Waals surface area contributed by atoms with E-state index in [1.54, 1.807) is 37.3 Å². The molecule has 3 aromatic carbocycles. The normalized spacial score (nSPS) is 17.1. The maximum atomic E-state index is 14.4. The highest BCUT2D eigenvalue weighted by Gasteiger charge is 2.46. The van der Waals surface area contributed by atoms with E-state index in [0.29, 0.717) is 45.8 Å². The van der Waals surface area contributed by atoms with Crippen molar-refractivity contribution in [2.45, 2.75) is 76.6 Å². The first-order valence-corrected chi connectivity index (χ1v) is 17.4. The van der Waals surface area contributed by atoms with Crippen LogP contribution in [0.3, 0.4) is 0 Å². The minimum absolute atomic E-state index is 0.0112. The van der Waals surface area contributed by atoms with E-state index in [-0.39, 0.29) is 37.5 Å². The highest BCUT2D eigenvalue weighted by atomic mass is 35.5. The molecule has 51 heavy (non-hydrogen) atoms.